The third-order valence-electron chi connectivity index (χ3n) is 2.09. The number of carbonyl (C=O) groups excluding carboxylic acids is 1. The molecule has 0 fully saturated rings. The Morgan fingerprint density at radius 3 is 2.89 bits per heavy atom. The van der Waals surface area contributed by atoms with E-state index in [0.717, 1.165) is 12.1 Å². The van der Waals surface area contributed by atoms with E-state index in [0.29, 0.717) is 6.29 Å². The third kappa shape index (κ3) is 3.73. The van der Waals surface area contributed by atoms with E-state index < -0.39 is 10.7 Å². The Bertz CT molecular complexity index is 624. The molecule has 1 N–H and O–H groups in total. The van der Waals surface area contributed by atoms with Gasteiger partial charge in [-0.2, -0.15) is 0 Å². The maximum Gasteiger partial charge on any atom is 0.271 e. The number of non-ortho nitro benzene ring substituents is 1. The SMILES string of the molecule is [N-]=[N+]=NCCC#Cc1cc([N+](=O)[O-])cc(C=O)c1O. The molecule has 0 spiro atoms. The van der Waals surface area contributed by atoms with Crippen LogP contribution in [-0.4, -0.2) is 22.9 Å². The summed E-state index contributed by atoms with van der Waals surface area (Å²) in [5.74, 6) is 4.67. The van der Waals surface area contributed by atoms with Gasteiger partial charge in [-0.15, -0.1) is 0 Å². The Hall–Kier alpha value is -3.04. The maximum atomic E-state index is 10.7. The van der Waals surface area contributed by atoms with Gasteiger partial charge in [0.1, 0.15) is 5.75 Å². The van der Waals surface area contributed by atoms with Gasteiger partial charge in [-0.3, -0.25) is 14.9 Å². The lowest BCUT2D eigenvalue weighted by molar-refractivity contribution is -0.384. The van der Waals surface area contributed by atoms with Gasteiger partial charge in [-0.25, -0.2) is 0 Å². The molecule has 0 aromatic heterocycles. The zero-order valence-electron chi connectivity index (χ0n) is 9.61. The number of nitro benzene ring substituents is 1. The lowest BCUT2D eigenvalue weighted by atomic mass is 10.1. The quantitative estimate of drug-likeness (QED) is 0.130. The summed E-state index contributed by atoms with van der Waals surface area (Å²) in [5, 5.41) is 23.6. The molecular weight excluding hydrogens is 252 g/mol. The van der Waals surface area contributed by atoms with Crippen LogP contribution in [0.2, 0.25) is 0 Å². The van der Waals surface area contributed by atoms with Crippen molar-refractivity contribution in [3.8, 4) is 17.6 Å². The van der Waals surface area contributed by atoms with E-state index in [1.54, 1.807) is 0 Å². The second-order valence-corrected chi connectivity index (χ2v) is 3.31. The van der Waals surface area contributed by atoms with Crippen LogP contribution in [0.25, 0.3) is 10.4 Å². The summed E-state index contributed by atoms with van der Waals surface area (Å²) in [6.45, 7) is 0.153. The predicted molar refractivity (Wildman–Crippen MR) is 65.7 cm³/mol. The minimum atomic E-state index is -0.683. The highest BCUT2D eigenvalue weighted by molar-refractivity contribution is 5.82. The second-order valence-electron chi connectivity index (χ2n) is 3.31. The summed E-state index contributed by atoms with van der Waals surface area (Å²) < 4.78 is 0. The first-order chi connectivity index (χ1) is 9.10. The molecule has 1 aromatic rings. The van der Waals surface area contributed by atoms with Crippen molar-refractivity contribution in [2.24, 2.45) is 5.11 Å². The van der Waals surface area contributed by atoms with Crippen LogP contribution in [0.5, 0.6) is 5.75 Å². The Kier molecular flexibility index (Phi) is 4.90. The van der Waals surface area contributed by atoms with Gasteiger partial charge in [0.25, 0.3) is 5.69 Å². The smallest absolute Gasteiger partial charge is 0.271 e. The predicted octanol–water partition coefficient (Wildman–Crippen LogP) is 2.16. The van der Waals surface area contributed by atoms with E-state index in [1.165, 1.54) is 0 Å². The molecule has 96 valence electrons. The average Bonchev–Trinajstić information content (AvgIpc) is 2.40. The minimum absolute atomic E-state index is 0.0164. The molecule has 8 nitrogen and oxygen atoms in total. The first kappa shape index (κ1) is 14.0. The summed E-state index contributed by atoms with van der Waals surface area (Å²) in [6, 6.07) is 2.04. The zero-order valence-corrected chi connectivity index (χ0v) is 9.61. The van der Waals surface area contributed by atoms with Crippen molar-refractivity contribution >= 4 is 12.0 Å². The fourth-order valence-corrected chi connectivity index (χ4v) is 1.24. The minimum Gasteiger partial charge on any atom is -0.506 e. The number of phenolic OH excluding ortho intramolecular Hbond substituents is 1. The summed E-state index contributed by atoms with van der Waals surface area (Å²) >= 11 is 0. The van der Waals surface area contributed by atoms with Gasteiger partial charge in [0.2, 0.25) is 0 Å². The molecule has 0 aliphatic carbocycles. The number of nitro groups is 1. The molecule has 0 heterocycles. The van der Waals surface area contributed by atoms with Crippen LogP contribution >= 0.6 is 0 Å². The van der Waals surface area contributed by atoms with Gasteiger partial charge >= 0.3 is 0 Å². The molecule has 19 heavy (non-hydrogen) atoms. The Morgan fingerprint density at radius 1 is 1.58 bits per heavy atom. The number of azide groups is 1. The lowest BCUT2D eigenvalue weighted by Gasteiger charge is -2.00. The van der Waals surface area contributed by atoms with Gasteiger partial charge in [0.05, 0.1) is 16.1 Å². The third-order valence-corrected chi connectivity index (χ3v) is 2.09. The number of rotatable bonds is 4. The van der Waals surface area contributed by atoms with Gasteiger partial charge < -0.3 is 5.11 Å². The van der Waals surface area contributed by atoms with Crippen molar-refractivity contribution in [3.63, 3.8) is 0 Å². The van der Waals surface area contributed by atoms with Crippen LogP contribution in [0.15, 0.2) is 17.2 Å². The lowest BCUT2D eigenvalue weighted by Crippen LogP contribution is -1.93. The van der Waals surface area contributed by atoms with Crippen molar-refractivity contribution in [1.82, 2.24) is 0 Å². The molecule has 1 rings (SSSR count). The van der Waals surface area contributed by atoms with E-state index >= 15 is 0 Å². The van der Waals surface area contributed by atoms with E-state index in [2.05, 4.69) is 21.9 Å². The summed E-state index contributed by atoms with van der Waals surface area (Å²) in [5.41, 5.74) is 7.50. The fourth-order valence-electron chi connectivity index (χ4n) is 1.24. The molecule has 0 saturated heterocycles. The number of hydrogen-bond donors (Lipinski definition) is 1. The number of aromatic hydroxyl groups is 1. The highest BCUT2D eigenvalue weighted by Gasteiger charge is 2.14. The fraction of sp³-hybridized carbons (Fsp3) is 0.182. The van der Waals surface area contributed by atoms with Gasteiger partial charge in [-0.05, 0) is 5.53 Å². The largest absolute Gasteiger partial charge is 0.506 e. The molecule has 0 unspecified atom stereocenters. The Morgan fingerprint density at radius 2 is 2.32 bits per heavy atom. The highest BCUT2D eigenvalue weighted by Crippen LogP contribution is 2.26. The van der Waals surface area contributed by atoms with Crippen LogP contribution in [0.4, 0.5) is 5.69 Å². The Balaban J connectivity index is 3.11. The molecule has 0 aliphatic heterocycles. The normalized spacial score (nSPS) is 8.84. The molecule has 0 atom stereocenters. The monoisotopic (exact) mass is 260 g/mol. The molecule has 8 heteroatoms. The summed E-state index contributed by atoms with van der Waals surface area (Å²) in [7, 11) is 0. The molecule has 1 aromatic carbocycles. The van der Waals surface area contributed by atoms with Crippen molar-refractivity contribution in [2.75, 3.05) is 6.54 Å². The second kappa shape index (κ2) is 6.64. The first-order valence-corrected chi connectivity index (χ1v) is 5.06. The molecular formula is C11H8N4O4. The average molecular weight is 260 g/mol. The van der Waals surface area contributed by atoms with Crippen LogP contribution in [0, 0.1) is 22.0 Å². The molecule has 0 saturated carbocycles. The number of carbonyl (C=O) groups is 1. The van der Waals surface area contributed by atoms with E-state index in [4.69, 9.17) is 5.53 Å². The molecule has 0 amide bonds. The number of hydrogen-bond acceptors (Lipinski definition) is 5. The summed E-state index contributed by atoms with van der Waals surface area (Å²) in [6.07, 6.45) is 0.552. The van der Waals surface area contributed by atoms with E-state index in [9.17, 15) is 20.0 Å². The van der Waals surface area contributed by atoms with E-state index in [1.807, 2.05) is 0 Å². The maximum absolute atomic E-state index is 10.7. The van der Waals surface area contributed by atoms with Crippen molar-refractivity contribution in [2.45, 2.75) is 6.42 Å². The standard InChI is InChI=1S/C11H8N4O4/c12-14-13-4-2-1-3-8-5-10(15(18)19)6-9(7-16)11(8)17/h5-7,17H,2,4H2. The highest BCUT2D eigenvalue weighted by atomic mass is 16.6. The van der Waals surface area contributed by atoms with Gasteiger partial charge in [0, 0.05) is 30.0 Å². The number of benzene rings is 1. The van der Waals surface area contributed by atoms with Gasteiger partial charge in [-0.1, -0.05) is 17.0 Å². The van der Waals surface area contributed by atoms with Crippen molar-refractivity contribution in [1.29, 1.82) is 0 Å². The zero-order chi connectivity index (χ0) is 14.3. The van der Waals surface area contributed by atoms with Crippen LogP contribution < -0.4 is 0 Å². The molecule has 0 bridgehead atoms. The van der Waals surface area contributed by atoms with Crippen LogP contribution in [-0.2, 0) is 0 Å². The Labute approximate surface area is 107 Å². The molecule has 0 radical (unpaired) electrons. The van der Waals surface area contributed by atoms with Crippen LogP contribution in [0.3, 0.4) is 0 Å². The van der Waals surface area contributed by atoms with Crippen molar-refractivity contribution in [3.05, 3.63) is 43.8 Å². The number of phenols is 1. The van der Waals surface area contributed by atoms with E-state index in [-0.39, 0.29) is 29.8 Å². The first-order valence-electron chi connectivity index (χ1n) is 5.06. The number of nitrogens with zero attached hydrogens (tertiary/aromatic N) is 4. The summed E-state index contributed by atoms with van der Waals surface area (Å²) in [4.78, 5) is 23.2. The van der Waals surface area contributed by atoms with Gasteiger partial charge in [0.15, 0.2) is 6.29 Å². The molecule has 0 aliphatic rings. The topological polar surface area (TPSA) is 129 Å². The van der Waals surface area contributed by atoms with Crippen molar-refractivity contribution < 1.29 is 14.8 Å². The van der Waals surface area contributed by atoms with Crippen LogP contribution in [0.1, 0.15) is 22.3 Å². The number of aldehydes is 1.